The van der Waals surface area contributed by atoms with Gasteiger partial charge >= 0.3 is 23.9 Å². The van der Waals surface area contributed by atoms with Gasteiger partial charge in [-0.2, -0.15) is 0 Å². The maximum absolute atomic E-state index is 14.1. The number of ether oxygens (including phenoxy) is 4. The Kier molecular flexibility index (Phi) is 15.5. The number of nitrogens with zero attached hydrogens (tertiary/aromatic N) is 1. The van der Waals surface area contributed by atoms with E-state index in [1.54, 1.807) is 31.2 Å². The molecule has 1 aliphatic carbocycles. The lowest BCUT2D eigenvalue weighted by Crippen LogP contribution is -2.38. The summed E-state index contributed by atoms with van der Waals surface area (Å²) in [7, 11) is 0. The second-order valence-electron chi connectivity index (χ2n) is 13.7. The van der Waals surface area contributed by atoms with E-state index in [4.69, 9.17) is 30.1 Å². The number of ketones is 1. The van der Waals surface area contributed by atoms with Gasteiger partial charge in [0.25, 0.3) is 5.91 Å². The molecule has 302 valence electrons. The predicted molar refractivity (Wildman–Crippen MR) is 208 cm³/mol. The third-order valence-electron chi connectivity index (χ3n) is 9.37. The molecule has 1 aromatic heterocycles. The van der Waals surface area contributed by atoms with Crippen molar-refractivity contribution >= 4 is 47.4 Å². The second kappa shape index (κ2) is 20.2. The van der Waals surface area contributed by atoms with E-state index in [0.29, 0.717) is 41.1 Å². The van der Waals surface area contributed by atoms with Crippen LogP contribution in [0.3, 0.4) is 0 Å². The summed E-state index contributed by atoms with van der Waals surface area (Å²) in [5.74, 6) is -3.93. The van der Waals surface area contributed by atoms with Gasteiger partial charge in [0, 0.05) is 43.7 Å². The summed E-state index contributed by atoms with van der Waals surface area (Å²) in [5, 5.41) is 21.4. The largest absolute Gasteiger partial charge is 0.427 e. The number of esters is 4. The number of carbonyl (C=O) groups is 6. The highest BCUT2D eigenvalue weighted by Gasteiger charge is 2.27. The Balaban J connectivity index is 1.64. The quantitative estimate of drug-likeness (QED) is 0.0528. The number of rotatable bonds is 20. The van der Waals surface area contributed by atoms with Gasteiger partial charge in [-0.25, -0.2) is 9.78 Å². The number of pyridine rings is 1. The van der Waals surface area contributed by atoms with Gasteiger partial charge in [0.1, 0.15) is 11.7 Å². The molecule has 1 saturated carbocycles. The minimum atomic E-state index is -1.11. The van der Waals surface area contributed by atoms with Crippen LogP contribution >= 0.6 is 0 Å². The SMILES string of the molecule is C=Cc1cc(C(=O)Cc2ccc(C(=N)CC(=O)OC(C)OC(C)=O)cc2)c(-c2ccc(C(=O)NCC3CC3)nc2C(=O)OCOC(=O)[C@@H](N)[C@@H](C)CC)cc1CO. The Morgan fingerprint density at radius 3 is 2.33 bits per heavy atom. The summed E-state index contributed by atoms with van der Waals surface area (Å²) < 4.78 is 20.2. The Morgan fingerprint density at radius 1 is 1.02 bits per heavy atom. The fourth-order valence-electron chi connectivity index (χ4n) is 5.68. The molecule has 0 spiro atoms. The molecule has 1 unspecified atom stereocenters. The molecule has 3 aromatic rings. The number of hydrogen-bond donors (Lipinski definition) is 4. The number of hydrogen-bond acceptors (Lipinski definition) is 14. The predicted octanol–water partition coefficient (Wildman–Crippen LogP) is 4.69. The molecule has 1 heterocycles. The molecule has 15 nitrogen and oxygen atoms in total. The Bertz CT molecular complexity index is 2020. The van der Waals surface area contributed by atoms with Crippen molar-refractivity contribution in [2.45, 2.75) is 78.7 Å². The zero-order chi connectivity index (χ0) is 41.8. The van der Waals surface area contributed by atoms with E-state index in [1.807, 2.05) is 6.92 Å². The normalized spacial score (nSPS) is 13.6. The minimum Gasteiger partial charge on any atom is -0.427 e. The van der Waals surface area contributed by atoms with Crippen molar-refractivity contribution in [3.63, 3.8) is 0 Å². The molecule has 1 fully saturated rings. The van der Waals surface area contributed by atoms with Crippen LogP contribution in [-0.2, 0) is 46.4 Å². The van der Waals surface area contributed by atoms with Crippen LogP contribution in [0.5, 0.6) is 0 Å². The second-order valence-corrected chi connectivity index (χ2v) is 13.7. The molecule has 1 amide bonds. The summed E-state index contributed by atoms with van der Waals surface area (Å²) in [5.41, 5.74) is 7.70. The molecule has 1 aliphatic rings. The first kappa shape index (κ1) is 43.7. The van der Waals surface area contributed by atoms with Crippen LogP contribution in [0.1, 0.15) is 107 Å². The van der Waals surface area contributed by atoms with E-state index in [1.165, 1.54) is 44.2 Å². The summed E-state index contributed by atoms with van der Waals surface area (Å²) in [6.45, 7) is 9.25. The molecular weight excluding hydrogens is 736 g/mol. The topological polar surface area (TPSA) is 234 Å². The number of carbonyl (C=O) groups excluding carboxylic acids is 6. The zero-order valence-corrected chi connectivity index (χ0v) is 32.4. The van der Waals surface area contributed by atoms with Gasteiger partial charge < -0.3 is 40.5 Å². The van der Waals surface area contributed by atoms with Crippen molar-refractivity contribution in [2.24, 2.45) is 17.6 Å². The maximum Gasteiger partial charge on any atom is 0.360 e. The maximum atomic E-state index is 14.1. The van der Waals surface area contributed by atoms with E-state index in [0.717, 1.165) is 12.8 Å². The van der Waals surface area contributed by atoms with Gasteiger partial charge in [-0.3, -0.25) is 24.0 Å². The van der Waals surface area contributed by atoms with Crippen LogP contribution in [0.25, 0.3) is 17.2 Å². The lowest BCUT2D eigenvalue weighted by molar-refractivity contribution is -0.182. The fourth-order valence-corrected chi connectivity index (χ4v) is 5.68. The highest BCUT2D eigenvalue weighted by molar-refractivity contribution is 6.09. The average molecular weight is 785 g/mol. The zero-order valence-electron chi connectivity index (χ0n) is 32.4. The van der Waals surface area contributed by atoms with Gasteiger partial charge in [0.15, 0.2) is 11.5 Å². The average Bonchev–Trinajstić information content (AvgIpc) is 4.03. The van der Waals surface area contributed by atoms with Crippen molar-refractivity contribution in [1.29, 1.82) is 5.41 Å². The van der Waals surface area contributed by atoms with Crippen LogP contribution in [-0.4, -0.2) is 77.0 Å². The molecule has 57 heavy (non-hydrogen) atoms. The van der Waals surface area contributed by atoms with Crippen molar-refractivity contribution in [3.8, 4) is 11.1 Å². The van der Waals surface area contributed by atoms with Crippen molar-refractivity contribution in [1.82, 2.24) is 10.3 Å². The number of aromatic nitrogens is 1. The number of nitrogens with one attached hydrogen (secondary N) is 2. The summed E-state index contributed by atoms with van der Waals surface area (Å²) in [6.07, 6.45) is 2.46. The summed E-state index contributed by atoms with van der Waals surface area (Å²) in [4.78, 5) is 81.0. The Hall–Kier alpha value is -6.06. The van der Waals surface area contributed by atoms with E-state index >= 15 is 0 Å². The molecule has 4 rings (SSSR count). The molecule has 0 aliphatic heterocycles. The number of benzene rings is 2. The van der Waals surface area contributed by atoms with Gasteiger partial charge in [-0.15, -0.1) is 0 Å². The van der Waals surface area contributed by atoms with Crippen LogP contribution < -0.4 is 11.1 Å². The summed E-state index contributed by atoms with van der Waals surface area (Å²) in [6, 6.07) is 11.4. The van der Waals surface area contributed by atoms with E-state index < -0.39 is 61.3 Å². The van der Waals surface area contributed by atoms with Crippen LogP contribution in [0.4, 0.5) is 0 Å². The highest BCUT2D eigenvalue weighted by atomic mass is 16.7. The third-order valence-corrected chi connectivity index (χ3v) is 9.37. The van der Waals surface area contributed by atoms with Gasteiger partial charge in [-0.1, -0.05) is 57.2 Å². The Labute approximate surface area is 330 Å². The smallest absolute Gasteiger partial charge is 0.360 e. The first-order valence-corrected chi connectivity index (χ1v) is 18.5. The van der Waals surface area contributed by atoms with Crippen molar-refractivity contribution in [2.75, 3.05) is 13.3 Å². The van der Waals surface area contributed by atoms with E-state index in [9.17, 15) is 33.9 Å². The number of Topliss-reactive ketones (excluding diaryl/α,β-unsaturated/α-hetero) is 1. The van der Waals surface area contributed by atoms with Crippen molar-refractivity contribution < 1.29 is 52.8 Å². The lowest BCUT2D eigenvalue weighted by atomic mass is 9.89. The first-order chi connectivity index (χ1) is 27.1. The van der Waals surface area contributed by atoms with Crippen LogP contribution in [0.15, 0.2) is 55.1 Å². The molecule has 2 aromatic carbocycles. The highest BCUT2D eigenvalue weighted by Crippen LogP contribution is 2.32. The molecule has 0 bridgehead atoms. The van der Waals surface area contributed by atoms with Gasteiger partial charge in [0.2, 0.25) is 13.1 Å². The van der Waals surface area contributed by atoms with Crippen LogP contribution in [0, 0.1) is 17.2 Å². The monoisotopic (exact) mass is 784 g/mol. The van der Waals surface area contributed by atoms with E-state index in [2.05, 4.69) is 16.9 Å². The van der Waals surface area contributed by atoms with E-state index in [-0.39, 0.29) is 52.5 Å². The first-order valence-electron chi connectivity index (χ1n) is 18.5. The number of aliphatic hydroxyl groups excluding tert-OH is 1. The van der Waals surface area contributed by atoms with Gasteiger partial charge in [0.05, 0.1) is 13.0 Å². The minimum absolute atomic E-state index is 0.0601. The molecule has 0 radical (unpaired) electrons. The number of nitrogens with two attached hydrogens (primary N) is 1. The molecule has 15 heteroatoms. The molecule has 3 atom stereocenters. The third kappa shape index (κ3) is 12.2. The summed E-state index contributed by atoms with van der Waals surface area (Å²) >= 11 is 0. The lowest BCUT2D eigenvalue weighted by Gasteiger charge is -2.18. The molecule has 5 N–H and O–H groups in total. The fraction of sp³-hybridized carbons (Fsp3) is 0.381. The standard InChI is InChI=1S/C42H48N4O11/c1-6-23(3)38(44)41(52)54-22-55-42(53)39-31(14-15-35(46-39)40(51)45-20-27-8-9-27)32-18-30(21-47)28(7-2)17-33(32)36(49)16-26-10-12-29(13-11-26)34(43)19-37(50)57-25(5)56-24(4)48/h7,10-15,17-18,23,25,27,38,43,47H,2,6,8-9,16,19-22,44H2,1,3-5H3,(H,45,51)/t23-,25?,38-/m0/s1. The van der Waals surface area contributed by atoms with Crippen LogP contribution in [0.2, 0.25) is 0 Å². The number of aliphatic hydroxyl groups is 1. The van der Waals surface area contributed by atoms with Gasteiger partial charge in [-0.05, 0) is 76.8 Å². The molecule has 0 saturated heterocycles. The van der Waals surface area contributed by atoms with Crippen molar-refractivity contribution in [3.05, 3.63) is 94.3 Å². The molecular formula is C42H48N4O11. The Morgan fingerprint density at radius 2 is 1.72 bits per heavy atom. The number of amides is 1.